The smallest absolute Gasteiger partial charge is 0.204 e. The molecule has 2 N–H and O–H groups in total. The second-order valence-corrected chi connectivity index (χ2v) is 11.0. The first-order valence-corrected chi connectivity index (χ1v) is 13.3. The monoisotopic (exact) mass is 545 g/mol. The van der Waals surface area contributed by atoms with Gasteiger partial charge in [0.25, 0.3) is 0 Å². The number of nitrogens with zero attached hydrogens (tertiary/aromatic N) is 3. The number of halogens is 1. The summed E-state index contributed by atoms with van der Waals surface area (Å²) in [6, 6.07) is 11.9. The standard InChI is InChI=1S/C26H28FN3O7S/c1-15-8-11-22(37-15)26-29-28-23(30(26)24-20(35-3)6-5-7-21(24)36-4)14-38(33,34)16(2)25(32)19-10-9-18(27)12-17(19)13-31/h5-12,16,25,31-32H,13-14H2,1-4H3/t16-,25-/m1/s1. The molecule has 4 aromatic rings. The van der Waals surface area contributed by atoms with Gasteiger partial charge in [0.2, 0.25) is 5.82 Å². The second-order valence-electron chi connectivity index (χ2n) is 8.66. The average molecular weight is 546 g/mol. The van der Waals surface area contributed by atoms with Gasteiger partial charge in [-0.3, -0.25) is 4.57 Å². The summed E-state index contributed by atoms with van der Waals surface area (Å²) in [7, 11) is -1.15. The lowest BCUT2D eigenvalue weighted by molar-refractivity contribution is 0.171. The third-order valence-corrected chi connectivity index (χ3v) is 8.30. The highest BCUT2D eigenvalue weighted by Crippen LogP contribution is 2.37. The third-order valence-electron chi connectivity index (χ3n) is 6.25. The summed E-state index contributed by atoms with van der Waals surface area (Å²) in [5, 5.41) is 27.6. The van der Waals surface area contributed by atoms with Gasteiger partial charge in [-0.2, -0.15) is 0 Å². The highest BCUT2D eigenvalue weighted by atomic mass is 32.2. The van der Waals surface area contributed by atoms with Crippen molar-refractivity contribution in [1.29, 1.82) is 0 Å². The maximum absolute atomic E-state index is 13.6. The first kappa shape index (κ1) is 27.3. The Kier molecular flexibility index (Phi) is 7.86. The van der Waals surface area contributed by atoms with Gasteiger partial charge in [0.05, 0.1) is 32.2 Å². The molecule has 0 saturated heterocycles. The highest BCUT2D eigenvalue weighted by molar-refractivity contribution is 7.91. The number of hydrogen-bond acceptors (Lipinski definition) is 9. The Morgan fingerprint density at radius 2 is 1.76 bits per heavy atom. The van der Waals surface area contributed by atoms with E-state index in [4.69, 9.17) is 13.9 Å². The lowest BCUT2D eigenvalue weighted by Gasteiger charge is -2.22. The van der Waals surface area contributed by atoms with Crippen molar-refractivity contribution in [2.24, 2.45) is 0 Å². The Labute approximate surface area is 219 Å². The quantitative estimate of drug-likeness (QED) is 0.307. The SMILES string of the molecule is COc1cccc(OC)c1-n1c(CS(=O)(=O)[C@H](C)[C@@H](O)c2ccc(F)cc2CO)nnc1-c1ccc(C)o1. The molecule has 0 saturated carbocycles. The minimum absolute atomic E-state index is 0.0254. The molecule has 0 fully saturated rings. The highest BCUT2D eigenvalue weighted by Gasteiger charge is 2.34. The Hall–Kier alpha value is -3.74. The van der Waals surface area contributed by atoms with E-state index in [1.54, 1.807) is 37.3 Å². The zero-order valence-corrected chi connectivity index (χ0v) is 22.1. The van der Waals surface area contributed by atoms with Gasteiger partial charge in [-0.05, 0) is 61.4 Å². The van der Waals surface area contributed by atoms with Crippen molar-refractivity contribution in [1.82, 2.24) is 14.8 Å². The van der Waals surface area contributed by atoms with Crippen LogP contribution in [0.5, 0.6) is 11.5 Å². The number of aliphatic hydroxyl groups excluding tert-OH is 2. The fourth-order valence-corrected chi connectivity index (χ4v) is 5.52. The number of sulfone groups is 1. The molecule has 202 valence electrons. The van der Waals surface area contributed by atoms with Crippen molar-refractivity contribution >= 4 is 9.84 Å². The summed E-state index contributed by atoms with van der Waals surface area (Å²) in [5.41, 5.74) is 0.576. The maximum atomic E-state index is 13.6. The normalized spacial score (nSPS) is 13.3. The first-order chi connectivity index (χ1) is 18.1. The van der Waals surface area contributed by atoms with Gasteiger partial charge in [0.1, 0.15) is 34.5 Å². The molecule has 2 heterocycles. The number of methoxy groups -OCH3 is 2. The zero-order valence-electron chi connectivity index (χ0n) is 21.3. The molecule has 0 aliphatic heterocycles. The largest absolute Gasteiger partial charge is 0.494 e. The van der Waals surface area contributed by atoms with E-state index < -0.39 is 39.4 Å². The molecule has 2 aromatic carbocycles. The number of benzene rings is 2. The van der Waals surface area contributed by atoms with E-state index in [0.29, 0.717) is 28.7 Å². The Morgan fingerprint density at radius 3 is 2.34 bits per heavy atom. The number of aromatic nitrogens is 3. The minimum Gasteiger partial charge on any atom is -0.494 e. The summed E-state index contributed by atoms with van der Waals surface area (Å²) >= 11 is 0. The molecular formula is C26H28FN3O7S. The number of ether oxygens (including phenoxy) is 2. The summed E-state index contributed by atoms with van der Waals surface area (Å²) in [6.07, 6.45) is -1.54. The van der Waals surface area contributed by atoms with Crippen LogP contribution in [-0.4, -0.2) is 52.9 Å². The maximum Gasteiger partial charge on any atom is 0.204 e. The van der Waals surface area contributed by atoms with Gasteiger partial charge >= 0.3 is 0 Å². The van der Waals surface area contributed by atoms with Crippen molar-refractivity contribution in [3.05, 3.63) is 77.1 Å². The van der Waals surface area contributed by atoms with Gasteiger partial charge in [0, 0.05) is 0 Å². The van der Waals surface area contributed by atoms with Crippen LogP contribution in [0.1, 0.15) is 35.7 Å². The molecule has 4 rings (SSSR count). The number of para-hydroxylation sites is 1. The fourth-order valence-electron chi connectivity index (χ4n) is 4.17. The number of furan rings is 1. The van der Waals surface area contributed by atoms with Crippen molar-refractivity contribution in [2.75, 3.05) is 14.2 Å². The molecule has 10 nitrogen and oxygen atoms in total. The van der Waals surface area contributed by atoms with Crippen LogP contribution in [0.3, 0.4) is 0 Å². The van der Waals surface area contributed by atoms with E-state index in [1.807, 2.05) is 0 Å². The van der Waals surface area contributed by atoms with Crippen molar-refractivity contribution in [3.63, 3.8) is 0 Å². The molecule has 0 spiro atoms. The summed E-state index contributed by atoms with van der Waals surface area (Å²) in [4.78, 5) is 0. The van der Waals surface area contributed by atoms with Gasteiger partial charge < -0.3 is 24.1 Å². The van der Waals surface area contributed by atoms with Crippen LogP contribution in [0, 0.1) is 12.7 Å². The van der Waals surface area contributed by atoms with E-state index in [0.717, 1.165) is 12.1 Å². The van der Waals surface area contributed by atoms with Crippen LogP contribution in [0.2, 0.25) is 0 Å². The lowest BCUT2D eigenvalue weighted by atomic mass is 10.0. The van der Waals surface area contributed by atoms with Crippen molar-refractivity contribution < 1.29 is 36.9 Å². The fraction of sp³-hybridized carbons (Fsp3) is 0.308. The molecule has 0 aliphatic rings. The molecule has 0 radical (unpaired) electrons. The predicted molar refractivity (Wildman–Crippen MR) is 136 cm³/mol. The van der Waals surface area contributed by atoms with Crippen LogP contribution in [0.4, 0.5) is 4.39 Å². The predicted octanol–water partition coefficient (Wildman–Crippen LogP) is 3.52. The molecule has 38 heavy (non-hydrogen) atoms. The summed E-state index contributed by atoms with van der Waals surface area (Å²) in [6.45, 7) is 2.54. The Balaban J connectivity index is 1.81. The molecule has 2 atom stereocenters. The molecule has 0 bridgehead atoms. The number of aryl methyl sites for hydroxylation is 1. The van der Waals surface area contributed by atoms with Crippen LogP contribution >= 0.6 is 0 Å². The van der Waals surface area contributed by atoms with Crippen LogP contribution in [-0.2, 0) is 22.2 Å². The number of aliphatic hydroxyl groups is 2. The van der Waals surface area contributed by atoms with Gasteiger partial charge in [-0.1, -0.05) is 12.1 Å². The van der Waals surface area contributed by atoms with E-state index in [2.05, 4.69) is 10.2 Å². The molecule has 0 amide bonds. The minimum atomic E-state index is -4.09. The van der Waals surface area contributed by atoms with Crippen LogP contribution in [0.15, 0.2) is 52.9 Å². The van der Waals surface area contributed by atoms with E-state index in [1.165, 1.54) is 31.8 Å². The van der Waals surface area contributed by atoms with Gasteiger partial charge in [-0.15, -0.1) is 10.2 Å². The van der Waals surface area contributed by atoms with Gasteiger partial charge in [0.15, 0.2) is 21.4 Å². The van der Waals surface area contributed by atoms with Gasteiger partial charge in [-0.25, -0.2) is 12.8 Å². The number of hydrogen-bond donors (Lipinski definition) is 2. The first-order valence-electron chi connectivity index (χ1n) is 11.6. The number of rotatable bonds is 10. The molecule has 0 unspecified atom stereocenters. The molecular weight excluding hydrogens is 517 g/mol. The summed E-state index contributed by atoms with van der Waals surface area (Å²) in [5.74, 6) is 0.732. The molecule has 12 heteroatoms. The molecule has 0 aliphatic carbocycles. The molecule has 2 aromatic heterocycles. The van der Waals surface area contributed by atoms with Crippen LogP contribution in [0.25, 0.3) is 17.3 Å². The van der Waals surface area contributed by atoms with Crippen molar-refractivity contribution in [3.8, 4) is 28.8 Å². The lowest BCUT2D eigenvalue weighted by Crippen LogP contribution is -2.28. The van der Waals surface area contributed by atoms with Crippen molar-refractivity contribution in [2.45, 2.75) is 37.6 Å². The topological polar surface area (TPSA) is 137 Å². The van der Waals surface area contributed by atoms with E-state index >= 15 is 0 Å². The van der Waals surface area contributed by atoms with E-state index in [9.17, 15) is 23.0 Å². The van der Waals surface area contributed by atoms with E-state index in [-0.39, 0.29) is 22.8 Å². The Bertz CT molecular complexity index is 1530. The zero-order chi connectivity index (χ0) is 27.6. The average Bonchev–Trinajstić information content (AvgIpc) is 3.52. The van der Waals surface area contributed by atoms with Crippen LogP contribution < -0.4 is 9.47 Å². The second kappa shape index (κ2) is 10.9. The Morgan fingerprint density at radius 1 is 1.08 bits per heavy atom. The third kappa shape index (κ3) is 5.15. The summed E-state index contributed by atoms with van der Waals surface area (Å²) < 4.78 is 59.1.